The Morgan fingerprint density at radius 2 is 2.00 bits per heavy atom. The zero-order chi connectivity index (χ0) is 18.7. The first-order chi connectivity index (χ1) is 12.5. The molecule has 134 valence electrons. The van der Waals surface area contributed by atoms with Crippen LogP contribution in [0.4, 0.5) is 9.52 Å². The zero-order valence-electron chi connectivity index (χ0n) is 14.7. The molecule has 3 rings (SSSR count). The fourth-order valence-electron chi connectivity index (χ4n) is 2.74. The summed E-state index contributed by atoms with van der Waals surface area (Å²) in [6.45, 7) is 6.56. The Balaban J connectivity index is 1.83. The Kier molecular flexibility index (Phi) is 5.27. The molecule has 0 saturated heterocycles. The number of ether oxygens (including phenoxy) is 1. The van der Waals surface area contributed by atoms with Gasteiger partial charge in [0.1, 0.15) is 5.75 Å². The molecule has 26 heavy (non-hydrogen) atoms. The normalized spacial score (nSPS) is 10.6. The number of anilines is 1. The maximum Gasteiger partial charge on any atom is 0.257 e. The zero-order valence-corrected chi connectivity index (χ0v) is 15.5. The highest BCUT2D eigenvalue weighted by molar-refractivity contribution is 7.14. The van der Waals surface area contributed by atoms with Crippen LogP contribution in [0.2, 0.25) is 0 Å². The molecular formula is C19H18FN3O2S. The van der Waals surface area contributed by atoms with Gasteiger partial charge in [0.05, 0.1) is 12.3 Å². The Hall–Kier alpha value is -2.80. The first kappa shape index (κ1) is 18.0. The summed E-state index contributed by atoms with van der Waals surface area (Å²) >= 11 is 1.32. The Morgan fingerprint density at radius 3 is 2.65 bits per heavy atom. The molecular weight excluding hydrogens is 353 g/mol. The maximum atomic E-state index is 13.2. The average Bonchev–Trinajstić information content (AvgIpc) is 3.02. The van der Waals surface area contributed by atoms with E-state index in [2.05, 4.69) is 15.3 Å². The van der Waals surface area contributed by atoms with Crippen LogP contribution in [0.25, 0.3) is 11.3 Å². The fourth-order valence-corrected chi connectivity index (χ4v) is 3.43. The molecule has 5 nitrogen and oxygen atoms in total. The summed E-state index contributed by atoms with van der Waals surface area (Å²) in [6, 6.07) is 6.49. The van der Waals surface area contributed by atoms with Crippen molar-refractivity contribution >= 4 is 22.4 Å². The van der Waals surface area contributed by atoms with E-state index in [0.29, 0.717) is 11.7 Å². The van der Waals surface area contributed by atoms with E-state index in [1.165, 1.54) is 23.6 Å². The highest BCUT2D eigenvalue weighted by Gasteiger charge is 2.14. The number of aromatic nitrogens is 2. The van der Waals surface area contributed by atoms with Gasteiger partial charge in [0.25, 0.3) is 5.91 Å². The number of nitrogens with one attached hydrogen (secondary N) is 1. The molecule has 1 aromatic carbocycles. The quantitative estimate of drug-likeness (QED) is 0.665. The molecule has 2 heterocycles. The third kappa shape index (κ3) is 3.88. The monoisotopic (exact) mass is 371 g/mol. The highest BCUT2D eigenvalue weighted by Crippen LogP contribution is 2.33. The molecule has 3 aromatic rings. The van der Waals surface area contributed by atoms with Gasteiger partial charge in [0, 0.05) is 28.8 Å². The van der Waals surface area contributed by atoms with Gasteiger partial charge in [-0.05, 0) is 50.1 Å². The summed E-state index contributed by atoms with van der Waals surface area (Å²) in [4.78, 5) is 20.2. The van der Waals surface area contributed by atoms with Crippen molar-refractivity contribution in [3.05, 3.63) is 58.5 Å². The summed E-state index contributed by atoms with van der Waals surface area (Å²) < 4.78 is 18.7. The number of carbonyl (C=O) groups is 1. The van der Waals surface area contributed by atoms with Crippen molar-refractivity contribution < 1.29 is 13.9 Å². The van der Waals surface area contributed by atoms with Crippen LogP contribution in [-0.4, -0.2) is 22.5 Å². The van der Waals surface area contributed by atoms with Crippen LogP contribution in [0.3, 0.4) is 0 Å². The van der Waals surface area contributed by atoms with Crippen molar-refractivity contribution in [2.24, 2.45) is 0 Å². The van der Waals surface area contributed by atoms with Crippen molar-refractivity contribution in [1.29, 1.82) is 0 Å². The summed E-state index contributed by atoms with van der Waals surface area (Å²) in [5.41, 5.74) is 4.09. The number of pyridine rings is 1. The van der Waals surface area contributed by atoms with Crippen LogP contribution < -0.4 is 10.1 Å². The number of halogens is 1. The van der Waals surface area contributed by atoms with Crippen molar-refractivity contribution in [3.63, 3.8) is 0 Å². The van der Waals surface area contributed by atoms with Gasteiger partial charge in [-0.3, -0.25) is 10.1 Å². The standard InChI is InChI=1S/C19H18FN3O2S/c1-4-25-14-7-11(2)17(12(3)8-14)15-10-26-19(22-15)23-18(24)13-5-6-21-16(20)9-13/h5-10H,4H2,1-3H3,(H,22,23,24). The second-order valence-corrected chi connectivity index (χ2v) is 6.58. The largest absolute Gasteiger partial charge is 0.494 e. The number of nitrogens with zero attached hydrogens (tertiary/aromatic N) is 2. The number of amides is 1. The molecule has 2 aromatic heterocycles. The predicted molar refractivity (Wildman–Crippen MR) is 100 cm³/mol. The molecule has 0 atom stereocenters. The van der Waals surface area contributed by atoms with Crippen molar-refractivity contribution in [1.82, 2.24) is 9.97 Å². The minimum atomic E-state index is -0.696. The van der Waals surface area contributed by atoms with E-state index in [-0.39, 0.29) is 5.56 Å². The van der Waals surface area contributed by atoms with Crippen molar-refractivity contribution in [2.45, 2.75) is 20.8 Å². The SMILES string of the molecule is CCOc1cc(C)c(-c2csc(NC(=O)c3ccnc(F)c3)n2)c(C)c1. The van der Waals surface area contributed by atoms with E-state index >= 15 is 0 Å². The van der Waals surface area contributed by atoms with Gasteiger partial charge < -0.3 is 4.74 Å². The molecule has 1 amide bonds. The lowest BCUT2D eigenvalue weighted by Crippen LogP contribution is -2.12. The highest BCUT2D eigenvalue weighted by atomic mass is 32.1. The van der Waals surface area contributed by atoms with E-state index in [9.17, 15) is 9.18 Å². The molecule has 0 aliphatic rings. The Labute approximate surface area is 154 Å². The number of carbonyl (C=O) groups excluding carboxylic acids is 1. The molecule has 0 aliphatic carbocycles. The molecule has 0 saturated carbocycles. The van der Waals surface area contributed by atoms with Gasteiger partial charge in [0.2, 0.25) is 5.95 Å². The summed E-state index contributed by atoms with van der Waals surface area (Å²) in [5, 5.41) is 5.04. The second kappa shape index (κ2) is 7.61. The Bertz CT molecular complexity index is 932. The van der Waals surface area contributed by atoms with Crippen molar-refractivity contribution in [3.8, 4) is 17.0 Å². The lowest BCUT2D eigenvalue weighted by molar-refractivity contribution is 0.102. The van der Waals surface area contributed by atoms with E-state index in [4.69, 9.17) is 4.74 Å². The fraction of sp³-hybridized carbons (Fsp3) is 0.211. The van der Waals surface area contributed by atoms with Gasteiger partial charge in [0.15, 0.2) is 5.13 Å². The van der Waals surface area contributed by atoms with E-state index in [1.807, 2.05) is 38.3 Å². The van der Waals surface area contributed by atoms with Crippen LogP contribution in [0.5, 0.6) is 5.75 Å². The number of aryl methyl sites for hydroxylation is 2. The van der Waals surface area contributed by atoms with E-state index in [1.54, 1.807) is 0 Å². The van der Waals surface area contributed by atoms with Crippen LogP contribution in [-0.2, 0) is 0 Å². The molecule has 7 heteroatoms. The van der Waals surface area contributed by atoms with E-state index in [0.717, 1.165) is 34.2 Å². The molecule has 0 bridgehead atoms. The third-order valence-corrected chi connectivity index (χ3v) is 4.54. The third-order valence-electron chi connectivity index (χ3n) is 3.79. The molecule has 1 N–H and O–H groups in total. The predicted octanol–water partition coefficient (Wildman–Crippen LogP) is 4.61. The van der Waals surface area contributed by atoms with Crippen LogP contribution in [0.15, 0.2) is 35.8 Å². The maximum absolute atomic E-state index is 13.2. The van der Waals surface area contributed by atoms with Crippen LogP contribution in [0.1, 0.15) is 28.4 Å². The topological polar surface area (TPSA) is 64.1 Å². The van der Waals surface area contributed by atoms with E-state index < -0.39 is 11.9 Å². The summed E-state index contributed by atoms with van der Waals surface area (Å²) in [5.74, 6) is -0.292. The molecule has 0 fully saturated rings. The summed E-state index contributed by atoms with van der Waals surface area (Å²) in [7, 11) is 0. The Morgan fingerprint density at radius 1 is 1.27 bits per heavy atom. The van der Waals surface area contributed by atoms with Crippen LogP contribution >= 0.6 is 11.3 Å². The second-order valence-electron chi connectivity index (χ2n) is 5.72. The van der Waals surface area contributed by atoms with Gasteiger partial charge in [-0.2, -0.15) is 4.39 Å². The number of rotatable bonds is 5. The average molecular weight is 371 g/mol. The lowest BCUT2D eigenvalue weighted by Gasteiger charge is -2.11. The van der Waals surface area contributed by atoms with Gasteiger partial charge >= 0.3 is 0 Å². The van der Waals surface area contributed by atoms with Gasteiger partial charge in [-0.1, -0.05) is 0 Å². The number of thiazole rings is 1. The first-order valence-corrected chi connectivity index (χ1v) is 8.98. The van der Waals surface area contributed by atoms with Crippen LogP contribution in [0, 0.1) is 19.8 Å². The molecule has 0 unspecified atom stereocenters. The van der Waals surface area contributed by atoms with Crippen molar-refractivity contribution in [2.75, 3.05) is 11.9 Å². The molecule has 0 spiro atoms. The number of benzene rings is 1. The van der Waals surface area contributed by atoms with Gasteiger partial charge in [-0.15, -0.1) is 11.3 Å². The minimum Gasteiger partial charge on any atom is -0.494 e. The van der Waals surface area contributed by atoms with Gasteiger partial charge in [-0.25, -0.2) is 9.97 Å². The smallest absolute Gasteiger partial charge is 0.257 e. The molecule has 0 radical (unpaired) electrons. The molecule has 0 aliphatic heterocycles. The first-order valence-electron chi connectivity index (χ1n) is 8.10. The summed E-state index contributed by atoms with van der Waals surface area (Å²) in [6.07, 6.45) is 1.25. The number of hydrogen-bond acceptors (Lipinski definition) is 5. The minimum absolute atomic E-state index is 0.197. The lowest BCUT2D eigenvalue weighted by atomic mass is 10.0. The number of hydrogen-bond donors (Lipinski definition) is 1.